The van der Waals surface area contributed by atoms with E-state index in [0.717, 1.165) is 11.1 Å². The van der Waals surface area contributed by atoms with Crippen LogP contribution in [0.25, 0.3) is 0 Å². The highest BCUT2D eigenvalue weighted by Crippen LogP contribution is 2.42. The first-order chi connectivity index (χ1) is 12.0. The maximum Gasteiger partial charge on any atom is 0.160 e. The number of phenolic OH excluding ortho intramolecular Hbond substituents is 3. The van der Waals surface area contributed by atoms with Crippen LogP contribution in [0.2, 0.25) is 0 Å². The number of rotatable bonds is 5. The molecule has 0 aliphatic carbocycles. The predicted octanol–water partition coefficient (Wildman–Crippen LogP) is 2.35. The molecule has 2 aromatic rings. The van der Waals surface area contributed by atoms with Gasteiger partial charge in [-0.05, 0) is 47.7 Å². The molecule has 0 aromatic heterocycles. The van der Waals surface area contributed by atoms with Gasteiger partial charge in [-0.1, -0.05) is 12.1 Å². The topological polar surface area (TPSA) is 99.4 Å². The van der Waals surface area contributed by atoms with E-state index in [1.54, 1.807) is 24.3 Å². The van der Waals surface area contributed by atoms with Crippen LogP contribution in [0.15, 0.2) is 36.4 Å². The van der Waals surface area contributed by atoms with Gasteiger partial charge in [0.25, 0.3) is 0 Å². The van der Waals surface area contributed by atoms with Crippen molar-refractivity contribution in [1.29, 1.82) is 0 Å². The minimum absolute atomic E-state index is 0.0391. The predicted molar refractivity (Wildman–Crippen MR) is 90.9 cm³/mol. The summed E-state index contributed by atoms with van der Waals surface area (Å²) in [5.74, 6) is 0.0607. The van der Waals surface area contributed by atoms with Crippen molar-refractivity contribution < 1.29 is 29.9 Å². The van der Waals surface area contributed by atoms with Gasteiger partial charge in [0.05, 0.1) is 19.8 Å². The van der Waals surface area contributed by atoms with Crippen molar-refractivity contribution in [2.24, 2.45) is 11.8 Å². The van der Waals surface area contributed by atoms with Crippen LogP contribution in [0.1, 0.15) is 17.2 Å². The maximum absolute atomic E-state index is 9.88. The lowest BCUT2D eigenvalue weighted by molar-refractivity contribution is 0.0717. The van der Waals surface area contributed by atoms with E-state index in [0.29, 0.717) is 18.8 Å². The van der Waals surface area contributed by atoms with E-state index in [2.05, 4.69) is 0 Å². The molecule has 0 bridgehead atoms. The Kier molecular flexibility index (Phi) is 5.01. The molecule has 1 fully saturated rings. The van der Waals surface area contributed by atoms with Gasteiger partial charge in [-0.2, -0.15) is 0 Å². The lowest BCUT2D eigenvalue weighted by Crippen LogP contribution is -2.21. The van der Waals surface area contributed by atoms with Crippen molar-refractivity contribution in [2.75, 3.05) is 20.3 Å². The minimum Gasteiger partial charge on any atom is -0.504 e. The first-order valence-corrected chi connectivity index (χ1v) is 8.13. The highest BCUT2D eigenvalue weighted by molar-refractivity contribution is 5.43. The van der Waals surface area contributed by atoms with E-state index in [-0.39, 0.29) is 41.8 Å². The monoisotopic (exact) mass is 346 g/mol. The second-order valence-electron chi connectivity index (χ2n) is 6.32. The van der Waals surface area contributed by atoms with Crippen LogP contribution >= 0.6 is 0 Å². The Labute approximate surface area is 145 Å². The van der Waals surface area contributed by atoms with Gasteiger partial charge in [-0.15, -0.1) is 0 Å². The summed E-state index contributed by atoms with van der Waals surface area (Å²) < 4.78 is 11.1. The molecule has 3 rings (SSSR count). The third kappa shape index (κ3) is 3.50. The second-order valence-corrected chi connectivity index (χ2v) is 6.32. The summed E-state index contributed by atoms with van der Waals surface area (Å²) in [6, 6.07) is 9.77. The van der Waals surface area contributed by atoms with E-state index < -0.39 is 0 Å². The van der Waals surface area contributed by atoms with Crippen molar-refractivity contribution >= 4 is 0 Å². The van der Waals surface area contributed by atoms with Gasteiger partial charge < -0.3 is 29.9 Å². The van der Waals surface area contributed by atoms with Gasteiger partial charge in [0.1, 0.15) is 0 Å². The maximum atomic E-state index is 9.88. The number of hydrogen-bond donors (Lipinski definition) is 4. The number of phenols is 3. The Bertz CT molecular complexity index is 745. The van der Waals surface area contributed by atoms with E-state index in [4.69, 9.17) is 9.47 Å². The zero-order valence-electron chi connectivity index (χ0n) is 13.9. The molecule has 1 aliphatic rings. The van der Waals surface area contributed by atoms with Crippen molar-refractivity contribution in [3.05, 3.63) is 47.5 Å². The molecule has 1 aliphatic heterocycles. The zero-order valence-corrected chi connectivity index (χ0v) is 13.9. The van der Waals surface area contributed by atoms with Crippen molar-refractivity contribution in [3.8, 4) is 23.0 Å². The Morgan fingerprint density at radius 3 is 2.48 bits per heavy atom. The summed E-state index contributed by atoms with van der Waals surface area (Å²) in [7, 11) is 1.48. The molecule has 134 valence electrons. The van der Waals surface area contributed by atoms with E-state index in [1.165, 1.54) is 19.2 Å². The van der Waals surface area contributed by atoms with Crippen LogP contribution in [-0.4, -0.2) is 40.7 Å². The fraction of sp³-hybridized carbons (Fsp3) is 0.368. The summed E-state index contributed by atoms with van der Waals surface area (Å²) >= 11 is 0. The minimum atomic E-state index is -0.296. The lowest BCUT2D eigenvalue weighted by Gasteiger charge is -2.22. The van der Waals surface area contributed by atoms with E-state index in [9.17, 15) is 20.4 Å². The molecule has 2 aromatic carbocycles. The van der Waals surface area contributed by atoms with Gasteiger partial charge >= 0.3 is 0 Å². The molecule has 0 amide bonds. The molecule has 4 N–H and O–H groups in total. The fourth-order valence-electron chi connectivity index (χ4n) is 3.39. The molecule has 1 heterocycles. The Hall–Kier alpha value is -2.44. The van der Waals surface area contributed by atoms with Gasteiger partial charge in [-0.3, -0.25) is 0 Å². The molecule has 25 heavy (non-hydrogen) atoms. The average Bonchev–Trinajstić information content (AvgIpc) is 3.01. The summed E-state index contributed by atoms with van der Waals surface area (Å²) in [4.78, 5) is 0. The van der Waals surface area contributed by atoms with E-state index in [1.807, 2.05) is 0 Å². The Morgan fingerprint density at radius 1 is 1.04 bits per heavy atom. The van der Waals surface area contributed by atoms with Crippen LogP contribution in [0, 0.1) is 11.8 Å². The van der Waals surface area contributed by atoms with Crippen molar-refractivity contribution in [3.63, 3.8) is 0 Å². The SMILES string of the molecule is COc1cc([C@H]2OC[C@H](Cc3ccc(O)c(O)c3)[C@@H]2CO)ccc1O. The third-order valence-electron chi connectivity index (χ3n) is 4.77. The van der Waals surface area contributed by atoms with Crippen molar-refractivity contribution in [2.45, 2.75) is 12.5 Å². The van der Waals surface area contributed by atoms with Crippen LogP contribution in [0.4, 0.5) is 0 Å². The van der Waals surface area contributed by atoms with Crippen LogP contribution in [0.5, 0.6) is 23.0 Å². The molecule has 1 saturated heterocycles. The molecule has 6 nitrogen and oxygen atoms in total. The van der Waals surface area contributed by atoms with Crippen LogP contribution in [0.3, 0.4) is 0 Å². The van der Waals surface area contributed by atoms with Gasteiger partial charge in [0.2, 0.25) is 0 Å². The Balaban J connectivity index is 1.79. The second kappa shape index (κ2) is 7.21. The van der Waals surface area contributed by atoms with Crippen molar-refractivity contribution in [1.82, 2.24) is 0 Å². The summed E-state index contributed by atoms with van der Waals surface area (Å²) in [6.45, 7) is 0.434. The average molecular weight is 346 g/mol. The first kappa shape index (κ1) is 17.4. The highest BCUT2D eigenvalue weighted by Gasteiger charge is 2.38. The standard InChI is InChI=1S/C19H22O6/c1-24-18-8-12(3-5-16(18)22)19-14(9-20)13(10-25-19)6-11-2-4-15(21)17(23)7-11/h2-5,7-8,13-14,19-23H,6,9-10H2,1H3/t13-,14-,19+/m0/s1. The van der Waals surface area contributed by atoms with Gasteiger partial charge in [0.15, 0.2) is 23.0 Å². The Morgan fingerprint density at radius 2 is 1.80 bits per heavy atom. The quantitative estimate of drug-likeness (QED) is 0.620. The van der Waals surface area contributed by atoms with Crippen LogP contribution < -0.4 is 4.74 Å². The number of methoxy groups -OCH3 is 1. The molecule has 0 saturated carbocycles. The molecule has 0 radical (unpaired) electrons. The lowest BCUT2D eigenvalue weighted by atomic mass is 9.84. The number of benzene rings is 2. The van der Waals surface area contributed by atoms with Crippen LogP contribution in [-0.2, 0) is 11.2 Å². The highest BCUT2D eigenvalue weighted by atomic mass is 16.5. The number of hydrogen-bond acceptors (Lipinski definition) is 6. The number of aliphatic hydroxyl groups excluding tert-OH is 1. The smallest absolute Gasteiger partial charge is 0.160 e. The number of ether oxygens (including phenoxy) is 2. The first-order valence-electron chi connectivity index (χ1n) is 8.13. The van der Waals surface area contributed by atoms with E-state index >= 15 is 0 Å². The third-order valence-corrected chi connectivity index (χ3v) is 4.77. The zero-order chi connectivity index (χ0) is 18.0. The molecule has 6 heteroatoms. The summed E-state index contributed by atoms with van der Waals surface area (Å²) in [6.07, 6.45) is 0.320. The normalized spacial score (nSPS) is 22.9. The van der Waals surface area contributed by atoms with Gasteiger partial charge in [-0.25, -0.2) is 0 Å². The molecule has 0 unspecified atom stereocenters. The molecular formula is C19H22O6. The fourth-order valence-corrected chi connectivity index (χ4v) is 3.39. The molecular weight excluding hydrogens is 324 g/mol. The largest absolute Gasteiger partial charge is 0.504 e. The summed E-state index contributed by atoms with van der Waals surface area (Å²) in [5.41, 5.74) is 1.70. The summed E-state index contributed by atoms with van der Waals surface area (Å²) in [5, 5.41) is 38.7. The molecule has 3 atom stereocenters. The number of aromatic hydroxyl groups is 3. The van der Waals surface area contributed by atoms with Gasteiger partial charge in [0, 0.05) is 12.5 Å². The number of aliphatic hydroxyl groups is 1. The molecule has 0 spiro atoms.